The van der Waals surface area contributed by atoms with E-state index >= 15 is 0 Å². The third-order valence-electron chi connectivity index (χ3n) is 15.0. The second kappa shape index (κ2) is 11.3. The number of benzene rings is 6. The molecule has 0 bridgehead atoms. The summed E-state index contributed by atoms with van der Waals surface area (Å²) >= 11 is 0. The first-order chi connectivity index (χ1) is 24.8. The highest BCUT2D eigenvalue weighted by molar-refractivity contribution is 7.14. The first kappa shape index (κ1) is 33.4. The molecule has 0 atom stereocenters. The molecule has 0 aliphatic carbocycles. The first-order valence-electron chi connectivity index (χ1n) is 19.4. The van der Waals surface area contributed by atoms with Gasteiger partial charge in [-0.3, -0.25) is 0 Å². The molecular weight excluding hydrogens is 621 g/mol. The molecule has 254 valence electrons. The van der Waals surface area contributed by atoms with Gasteiger partial charge in [0.15, 0.2) is 0 Å². The van der Waals surface area contributed by atoms with E-state index in [0.717, 1.165) is 0 Å². The maximum absolute atomic E-state index is 2.51. The summed E-state index contributed by atoms with van der Waals surface area (Å²) in [7, 11) is 0. The Morgan fingerprint density at radius 1 is 0.250 bits per heavy atom. The molecular formula is C49H49B3. The second-order valence-electron chi connectivity index (χ2n) is 16.7. The highest BCUT2D eigenvalue weighted by Crippen LogP contribution is 2.35. The molecule has 0 aromatic heterocycles. The minimum absolute atomic E-state index is 0.0959. The van der Waals surface area contributed by atoms with Crippen LogP contribution in [0.25, 0.3) is 22.3 Å². The molecule has 0 saturated heterocycles. The van der Waals surface area contributed by atoms with Crippen LogP contribution in [0.3, 0.4) is 0 Å². The fourth-order valence-corrected chi connectivity index (χ4v) is 11.2. The zero-order chi connectivity index (χ0) is 36.8. The van der Waals surface area contributed by atoms with E-state index < -0.39 is 0 Å². The van der Waals surface area contributed by atoms with Crippen LogP contribution in [0.1, 0.15) is 72.3 Å². The van der Waals surface area contributed by atoms with Gasteiger partial charge in [-0.1, -0.05) is 132 Å². The van der Waals surface area contributed by atoms with Crippen LogP contribution in [0.15, 0.2) is 60.7 Å². The van der Waals surface area contributed by atoms with Crippen molar-refractivity contribution in [2.75, 3.05) is 0 Å². The van der Waals surface area contributed by atoms with Gasteiger partial charge in [0.25, 0.3) is 0 Å². The zero-order valence-electron chi connectivity index (χ0n) is 33.5. The summed E-state index contributed by atoms with van der Waals surface area (Å²) in [5.41, 5.74) is 38.0. The Kier molecular flexibility index (Phi) is 7.22. The lowest BCUT2D eigenvalue weighted by Gasteiger charge is -2.29. The number of fused-ring (bicyclic) bond motifs is 9. The number of hydrogen-bond donors (Lipinski definition) is 0. The number of rotatable bonds is 1. The van der Waals surface area contributed by atoms with Gasteiger partial charge in [0.1, 0.15) is 0 Å². The first-order valence-corrected chi connectivity index (χ1v) is 19.4. The third-order valence-corrected chi connectivity index (χ3v) is 15.0. The normalized spacial score (nSPS) is 13.4. The molecule has 52 heavy (non-hydrogen) atoms. The molecule has 6 aromatic carbocycles. The molecule has 0 saturated carbocycles. The molecule has 0 N–H and O–H groups in total. The molecule has 0 spiro atoms. The van der Waals surface area contributed by atoms with Crippen LogP contribution >= 0.6 is 0 Å². The Morgan fingerprint density at radius 2 is 0.558 bits per heavy atom. The SMILES string of the molecule is Cc1c(C)c(C)c(B2c3ccccc3B3c4c(cccc4-c4c(C)c(C)c(C)c(C)c43)B3c4c2cccc4-c2c(C)c(C)c(C)c(C)c23)c(C)c1C. The van der Waals surface area contributed by atoms with E-state index in [1.165, 1.54) is 144 Å². The summed E-state index contributed by atoms with van der Waals surface area (Å²) in [6, 6.07) is 24.2. The van der Waals surface area contributed by atoms with Gasteiger partial charge in [0, 0.05) is 0 Å². The Hall–Kier alpha value is -4.49. The van der Waals surface area contributed by atoms with E-state index in [-0.39, 0.29) is 20.1 Å². The molecule has 0 nitrogen and oxygen atoms in total. The van der Waals surface area contributed by atoms with E-state index in [4.69, 9.17) is 0 Å². The smallest absolute Gasteiger partial charge is 0.0733 e. The molecule has 3 aliphatic heterocycles. The maximum atomic E-state index is 2.51. The van der Waals surface area contributed by atoms with E-state index in [9.17, 15) is 0 Å². The van der Waals surface area contributed by atoms with Crippen molar-refractivity contribution in [3.63, 3.8) is 0 Å². The lowest BCUT2D eigenvalue weighted by Crippen LogP contribution is -2.66. The fourth-order valence-electron chi connectivity index (χ4n) is 11.2. The molecule has 9 rings (SSSR count). The lowest BCUT2D eigenvalue weighted by molar-refractivity contribution is 1.19. The van der Waals surface area contributed by atoms with E-state index in [1.807, 2.05) is 0 Å². The second-order valence-corrected chi connectivity index (χ2v) is 16.7. The van der Waals surface area contributed by atoms with Crippen molar-refractivity contribution in [3.8, 4) is 22.3 Å². The predicted molar refractivity (Wildman–Crippen MR) is 232 cm³/mol. The number of hydrogen-bond acceptors (Lipinski definition) is 0. The largest absolute Gasteiger partial charge is 0.241 e. The Labute approximate surface area is 313 Å². The summed E-state index contributed by atoms with van der Waals surface area (Å²) in [5.74, 6) is 0. The van der Waals surface area contributed by atoms with Gasteiger partial charge in [0.2, 0.25) is 20.1 Å². The molecule has 0 radical (unpaired) electrons. The molecule has 0 amide bonds. The van der Waals surface area contributed by atoms with E-state index in [1.54, 1.807) is 0 Å². The third kappa shape index (κ3) is 3.98. The van der Waals surface area contributed by atoms with Gasteiger partial charge >= 0.3 is 0 Å². The predicted octanol–water partition coefficient (Wildman–Crippen LogP) is 5.52. The summed E-state index contributed by atoms with van der Waals surface area (Å²) in [5, 5.41) is 0. The molecule has 0 unspecified atom stereocenters. The summed E-state index contributed by atoms with van der Waals surface area (Å²) in [4.78, 5) is 0. The van der Waals surface area contributed by atoms with Gasteiger partial charge in [0.05, 0.1) is 0 Å². The van der Waals surface area contributed by atoms with Crippen molar-refractivity contribution in [2.45, 2.75) is 90.0 Å². The van der Waals surface area contributed by atoms with Crippen LogP contribution in [-0.4, -0.2) is 20.1 Å². The van der Waals surface area contributed by atoms with Gasteiger partial charge in [-0.2, -0.15) is 0 Å². The van der Waals surface area contributed by atoms with Crippen LogP contribution < -0.4 is 49.2 Å². The van der Waals surface area contributed by atoms with Crippen molar-refractivity contribution >= 4 is 69.3 Å². The monoisotopic (exact) mass is 670 g/mol. The molecule has 6 aromatic rings. The minimum Gasteiger partial charge on any atom is -0.0733 e. The average molecular weight is 670 g/mol. The van der Waals surface area contributed by atoms with Crippen LogP contribution in [0, 0.1) is 90.0 Å². The van der Waals surface area contributed by atoms with Gasteiger partial charge in [-0.15, -0.1) is 0 Å². The zero-order valence-corrected chi connectivity index (χ0v) is 33.5. The standard InChI is InChI=1S/C49H49B3/c1-24-27(4)33(10)45(34(11)28(24)5)50-39-20-14-15-21-40(39)51-46-35(12)29(6)25(2)31(8)43(46)38-19-17-23-42(49(38)51)52-47-36(13)30(7)26(3)32(9)44(47)37-18-16-22-41(50)48(37)52/h14-23H,1-13H3. The lowest BCUT2D eigenvalue weighted by atomic mass is 9.28. The van der Waals surface area contributed by atoms with Gasteiger partial charge < -0.3 is 0 Å². The van der Waals surface area contributed by atoms with E-state index in [2.05, 4.69) is 151 Å². The summed E-state index contributed by atoms with van der Waals surface area (Å²) in [6.07, 6.45) is 0. The quantitative estimate of drug-likeness (QED) is 0.202. The van der Waals surface area contributed by atoms with Crippen molar-refractivity contribution in [1.82, 2.24) is 0 Å². The van der Waals surface area contributed by atoms with Crippen LogP contribution in [-0.2, 0) is 0 Å². The fraction of sp³-hybridized carbons (Fsp3) is 0.265. The Bertz CT molecular complexity index is 2590. The van der Waals surface area contributed by atoms with Crippen molar-refractivity contribution in [1.29, 1.82) is 0 Å². The maximum Gasteiger partial charge on any atom is 0.241 e. The van der Waals surface area contributed by atoms with E-state index in [0.29, 0.717) is 0 Å². The van der Waals surface area contributed by atoms with Crippen molar-refractivity contribution in [2.24, 2.45) is 0 Å². The van der Waals surface area contributed by atoms with Gasteiger partial charge in [-0.05, 0) is 162 Å². The Balaban J connectivity index is 1.55. The van der Waals surface area contributed by atoms with Crippen molar-refractivity contribution < 1.29 is 0 Å². The highest BCUT2D eigenvalue weighted by atomic mass is 14.3. The van der Waals surface area contributed by atoms with Gasteiger partial charge in [-0.25, -0.2) is 0 Å². The summed E-state index contributed by atoms with van der Waals surface area (Å²) < 4.78 is 0. The minimum atomic E-state index is 0.0959. The molecule has 0 fully saturated rings. The van der Waals surface area contributed by atoms with Crippen LogP contribution in [0.5, 0.6) is 0 Å². The topological polar surface area (TPSA) is 0 Å². The summed E-state index contributed by atoms with van der Waals surface area (Å²) in [6.45, 7) is 31.1. The highest BCUT2D eigenvalue weighted by Gasteiger charge is 2.48. The van der Waals surface area contributed by atoms with Crippen LogP contribution in [0.2, 0.25) is 0 Å². The molecule has 3 heterocycles. The molecule has 3 heteroatoms. The molecule has 3 aliphatic rings. The van der Waals surface area contributed by atoms with Crippen molar-refractivity contribution in [3.05, 3.63) is 133 Å². The average Bonchev–Trinajstić information content (AvgIpc) is 3.69. The Morgan fingerprint density at radius 3 is 1.00 bits per heavy atom. The van der Waals surface area contributed by atoms with Crippen LogP contribution in [0.4, 0.5) is 0 Å².